The van der Waals surface area contributed by atoms with Crippen molar-refractivity contribution in [3.63, 3.8) is 0 Å². The summed E-state index contributed by atoms with van der Waals surface area (Å²) in [6.07, 6.45) is 3.55. The topological polar surface area (TPSA) is 103 Å². The van der Waals surface area contributed by atoms with Gasteiger partial charge in [0.05, 0.1) is 70.4 Å². The van der Waals surface area contributed by atoms with Crippen molar-refractivity contribution in [3.8, 4) is 63.0 Å². The predicted molar refractivity (Wildman–Crippen MR) is 236 cm³/mol. The molecule has 0 saturated heterocycles. The third-order valence-corrected chi connectivity index (χ3v) is 11.0. The van der Waals surface area contributed by atoms with Crippen LogP contribution in [0.3, 0.4) is 0 Å². The molecule has 3 aromatic heterocycles. The number of rotatable bonds is 5. The van der Waals surface area contributed by atoms with E-state index in [1.54, 1.807) is 36.7 Å². The maximum atomic E-state index is 10.7. The fourth-order valence-electron chi connectivity index (χ4n) is 8.48. The molecule has 0 radical (unpaired) electrons. The van der Waals surface area contributed by atoms with Gasteiger partial charge in [0.15, 0.2) is 11.4 Å². The molecule has 0 fully saturated rings. The third-order valence-electron chi connectivity index (χ3n) is 11.0. The molecule has 0 aliphatic carbocycles. The molecule has 60 heavy (non-hydrogen) atoms. The van der Waals surface area contributed by atoms with Gasteiger partial charge in [-0.15, -0.1) is 0 Å². The van der Waals surface area contributed by atoms with Crippen LogP contribution in [0, 0.1) is 47.1 Å². The normalized spacial score (nSPS) is 10.9. The van der Waals surface area contributed by atoms with Crippen LogP contribution in [0.2, 0.25) is 0 Å². The van der Waals surface area contributed by atoms with Crippen LogP contribution in [0.4, 0.5) is 11.4 Å². The lowest BCUT2D eigenvalue weighted by atomic mass is 9.98. The number of nitrogens with zero attached hydrogens (tertiary/aromatic N) is 8. The number of hydrogen-bond donors (Lipinski definition) is 0. The van der Waals surface area contributed by atoms with E-state index in [1.165, 1.54) is 0 Å². The van der Waals surface area contributed by atoms with Crippen LogP contribution < -0.4 is 0 Å². The molecule has 0 atom stereocenters. The van der Waals surface area contributed by atoms with E-state index in [2.05, 4.69) is 90.5 Å². The van der Waals surface area contributed by atoms with E-state index in [-0.39, 0.29) is 0 Å². The maximum Gasteiger partial charge on any atom is 0.189 e. The minimum absolute atomic E-state index is 0.401. The van der Waals surface area contributed by atoms with Crippen molar-refractivity contribution in [1.82, 2.24) is 14.1 Å². The number of aromatic nitrogens is 3. The molecule has 7 aromatic carbocycles. The van der Waals surface area contributed by atoms with Gasteiger partial charge in [0.2, 0.25) is 0 Å². The summed E-state index contributed by atoms with van der Waals surface area (Å²) < 4.78 is 4.43. The van der Waals surface area contributed by atoms with Crippen molar-refractivity contribution >= 4 is 55.0 Å². The van der Waals surface area contributed by atoms with Crippen LogP contribution in [-0.2, 0) is 0 Å². The fourth-order valence-corrected chi connectivity index (χ4v) is 8.48. The first-order chi connectivity index (χ1) is 29.5. The lowest BCUT2D eigenvalue weighted by Crippen LogP contribution is -2.05. The lowest BCUT2D eigenvalue weighted by molar-refractivity contribution is 1.13. The largest absolute Gasteiger partial charge is 0.308 e. The van der Waals surface area contributed by atoms with E-state index >= 15 is 0 Å². The molecule has 0 bridgehead atoms. The molecule has 8 nitrogen and oxygen atoms in total. The van der Waals surface area contributed by atoms with Gasteiger partial charge in [0.1, 0.15) is 0 Å². The zero-order valence-electron chi connectivity index (χ0n) is 31.6. The Balaban J connectivity index is 1.28. The number of pyridine rings is 1. The van der Waals surface area contributed by atoms with Crippen LogP contribution in [0.5, 0.6) is 0 Å². The number of fused-ring (bicyclic) bond motifs is 6. The summed E-state index contributed by atoms with van der Waals surface area (Å²) in [6, 6.07) is 53.9. The van der Waals surface area contributed by atoms with Gasteiger partial charge in [0, 0.05) is 50.6 Å². The first-order valence-electron chi connectivity index (χ1n) is 18.9. The van der Waals surface area contributed by atoms with Gasteiger partial charge in [-0.3, -0.25) is 4.98 Å². The zero-order chi connectivity index (χ0) is 40.9. The summed E-state index contributed by atoms with van der Waals surface area (Å²) in [7, 11) is 0. The van der Waals surface area contributed by atoms with E-state index in [0.717, 1.165) is 88.4 Å². The van der Waals surface area contributed by atoms with Crippen molar-refractivity contribution < 1.29 is 0 Å². The molecule has 0 saturated carbocycles. The van der Waals surface area contributed by atoms with Crippen LogP contribution >= 0.6 is 0 Å². The Labute approximate surface area is 344 Å². The molecule has 274 valence electrons. The molecule has 10 rings (SSSR count). The third kappa shape index (κ3) is 5.61. The second-order valence-electron chi connectivity index (χ2n) is 14.4. The van der Waals surface area contributed by atoms with Gasteiger partial charge in [0.25, 0.3) is 0 Å². The second-order valence-corrected chi connectivity index (χ2v) is 14.4. The Kier molecular flexibility index (Phi) is 8.23. The van der Waals surface area contributed by atoms with Crippen LogP contribution in [0.1, 0.15) is 16.7 Å². The Morgan fingerprint density at radius 2 is 0.850 bits per heavy atom. The van der Waals surface area contributed by atoms with Gasteiger partial charge in [-0.1, -0.05) is 48.5 Å². The Morgan fingerprint density at radius 3 is 1.30 bits per heavy atom. The summed E-state index contributed by atoms with van der Waals surface area (Å²) >= 11 is 0. The summed E-state index contributed by atoms with van der Waals surface area (Å²) in [5.74, 6) is 0. The summed E-state index contributed by atoms with van der Waals surface area (Å²) in [5.41, 5.74) is 12.6. The first kappa shape index (κ1) is 35.2. The molecular weight excluding hydrogens is 737 g/mol. The van der Waals surface area contributed by atoms with Crippen molar-refractivity contribution in [2.75, 3.05) is 0 Å². The van der Waals surface area contributed by atoms with Gasteiger partial charge in [-0.25, -0.2) is 9.69 Å². The summed E-state index contributed by atoms with van der Waals surface area (Å²) in [6.45, 7) is 15.3. The van der Waals surface area contributed by atoms with E-state index in [1.807, 2.05) is 72.8 Å². The molecule has 0 amide bonds. The molecule has 10 aromatic rings. The molecular formula is C52H26N8. The number of hydrogen-bond acceptors (Lipinski definition) is 4. The molecule has 0 unspecified atom stereocenters. The number of nitriles is 3. The average Bonchev–Trinajstić information content (AvgIpc) is 3.83. The van der Waals surface area contributed by atoms with Crippen molar-refractivity contribution in [2.45, 2.75) is 0 Å². The van der Waals surface area contributed by atoms with Crippen LogP contribution in [0.25, 0.3) is 98.1 Å². The molecule has 0 N–H and O–H groups in total. The average molecular weight is 763 g/mol. The quantitative estimate of drug-likeness (QED) is 0.163. The van der Waals surface area contributed by atoms with Gasteiger partial charge in [-0.05, 0) is 125 Å². The minimum atomic E-state index is 0.401. The Bertz CT molecular complexity index is 3390. The van der Waals surface area contributed by atoms with Crippen molar-refractivity contribution in [2.24, 2.45) is 0 Å². The maximum absolute atomic E-state index is 10.7. The number of para-hydroxylation sites is 2. The summed E-state index contributed by atoms with van der Waals surface area (Å²) in [4.78, 5) is 11.6. The van der Waals surface area contributed by atoms with E-state index in [9.17, 15) is 15.8 Å². The van der Waals surface area contributed by atoms with Gasteiger partial charge < -0.3 is 9.13 Å². The standard InChI is InChI=1S/C52H26N8/c1-56-40-21-32(29-53)19-38(25-40)36-11-13-48-44(27-36)42-7-3-5-9-46(42)59(48)50-23-34(31-55)24-51(52(50)35-15-17-58-18-16-35)60-47-10-6-4-8-43(47)45-28-37(12-14-49(45)60)39-20-33(30-54)22-41(26-39)57-2/h3-28H. The highest BCUT2D eigenvalue weighted by atomic mass is 15.0. The van der Waals surface area contributed by atoms with E-state index in [4.69, 9.17) is 13.1 Å². The Hall–Kier alpha value is -9.26. The molecule has 0 aliphatic rings. The first-order valence-corrected chi connectivity index (χ1v) is 18.9. The SMILES string of the molecule is [C-]#[N+]c1cc(C#N)cc(-c2ccc3c(c2)c2ccccc2n3-c2cc(C#N)cc(-n3c4ccccc4c4cc(-c5cc(C#N)cc([N+]#[C-])c5)ccc43)c2-c2ccncc2)c1. The number of benzene rings is 7. The van der Waals surface area contributed by atoms with Crippen molar-refractivity contribution in [3.05, 3.63) is 198 Å². The monoisotopic (exact) mass is 762 g/mol. The van der Waals surface area contributed by atoms with Gasteiger partial charge >= 0.3 is 0 Å². The summed E-state index contributed by atoms with van der Waals surface area (Å²) in [5, 5.41) is 34.2. The van der Waals surface area contributed by atoms with Crippen LogP contribution in [-0.4, -0.2) is 14.1 Å². The highest BCUT2D eigenvalue weighted by molar-refractivity contribution is 6.13. The molecule has 3 heterocycles. The highest BCUT2D eigenvalue weighted by Crippen LogP contribution is 2.44. The van der Waals surface area contributed by atoms with Crippen molar-refractivity contribution in [1.29, 1.82) is 15.8 Å². The smallest absolute Gasteiger partial charge is 0.189 e. The van der Waals surface area contributed by atoms with E-state index in [0.29, 0.717) is 28.1 Å². The van der Waals surface area contributed by atoms with Crippen LogP contribution in [0.15, 0.2) is 158 Å². The predicted octanol–water partition coefficient (Wildman–Crippen LogP) is 13.0. The second kappa shape index (κ2) is 14.0. The lowest BCUT2D eigenvalue weighted by Gasteiger charge is -2.21. The highest BCUT2D eigenvalue weighted by Gasteiger charge is 2.24. The Morgan fingerprint density at radius 1 is 0.417 bits per heavy atom. The van der Waals surface area contributed by atoms with Gasteiger partial charge in [-0.2, -0.15) is 15.8 Å². The molecule has 0 aliphatic heterocycles. The molecule has 8 heteroatoms. The molecule has 0 spiro atoms. The minimum Gasteiger partial charge on any atom is -0.308 e. The van der Waals surface area contributed by atoms with E-state index < -0.39 is 0 Å². The zero-order valence-corrected chi connectivity index (χ0v) is 31.6. The fraction of sp³-hybridized carbons (Fsp3) is 0.